The van der Waals surface area contributed by atoms with Gasteiger partial charge in [-0.1, -0.05) is 13.8 Å². The van der Waals surface area contributed by atoms with Crippen LogP contribution in [0.4, 0.5) is 0 Å². The maximum atomic E-state index is 5.97. The second-order valence-corrected chi connectivity index (χ2v) is 5.16. The van der Waals surface area contributed by atoms with E-state index in [1.54, 1.807) is 6.26 Å². The molecule has 0 saturated heterocycles. The molecule has 0 amide bonds. The lowest BCUT2D eigenvalue weighted by atomic mass is 10.1. The topological polar surface area (TPSA) is 59.8 Å². The van der Waals surface area contributed by atoms with E-state index in [2.05, 4.69) is 33.1 Å². The summed E-state index contributed by atoms with van der Waals surface area (Å²) in [5, 5.41) is 1.85. The van der Waals surface area contributed by atoms with E-state index in [1.807, 2.05) is 5.01 Å². The van der Waals surface area contributed by atoms with Crippen molar-refractivity contribution in [1.29, 1.82) is 0 Å². The zero-order chi connectivity index (χ0) is 12.8. The molecular weight excluding hydrogens is 218 g/mol. The first kappa shape index (κ1) is 14.1. The van der Waals surface area contributed by atoms with Crippen LogP contribution < -0.4 is 11.2 Å². The number of hydrogen-bond acceptors (Lipinski definition) is 5. The summed E-state index contributed by atoms with van der Waals surface area (Å²) < 4.78 is 10.9. The molecule has 1 aliphatic rings. The summed E-state index contributed by atoms with van der Waals surface area (Å²) in [7, 11) is 0. The fourth-order valence-electron chi connectivity index (χ4n) is 1.70. The van der Waals surface area contributed by atoms with E-state index in [0.717, 1.165) is 6.42 Å². The molecular formula is C12H25N3O2. The van der Waals surface area contributed by atoms with Crippen molar-refractivity contribution in [1.82, 2.24) is 10.4 Å². The average molecular weight is 243 g/mol. The van der Waals surface area contributed by atoms with Crippen LogP contribution in [0.1, 0.15) is 34.1 Å². The molecule has 17 heavy (non-hydrogen) atoms. The molecule has 0 bridgehead atoms. The largest absolute Gasteiger partial charge is 0.474 e. The normalized spacial score (nSPS) is 17.4. The maximum absolute atomic E-state index is 5.97. The van der Waals surface area contributed by atoms with Gasteiger partial charge in [0.05, 0.1) is 0 Å². The molecule has 0 fully saturated rings. The predicted molar refractivity (Wildman–Crippen MR) is 67.5 cm³/mol. The Balaban J connectivity index is 2.30. The molecule has 1 aliphatic heterocycles. The van der Waals surface area contributed by atoms with E-state index in [0.29, 0.717) is 31.2 Å². The molecule has 1 rings (SSSR count). The van der Waals surface area contributed by atoms with Gasteiger partial charge in [-0.25, -0.2) is 10.4 Å². The van der Waals surface area contributed by atoms with Crippen LogP contribution in [0.5, 0.6) is 0 Å². The van der Waals surface area contributed by atoms with E-state index in [1.165, 1.54) is 0 Å². The molecule has 0 radical (unpaired) electrons. The van der Waals surface area contributed by atoms with Gasteiger partial charge in [-0.3, -0.25) is 0 Å². The Labute approximate surface area is 104 Å². The molecule has 0 saturated carbocycles. The van der Waals surface area contributed by atoms with E-state index >= 15 is 0 Å². The lowest BCUT2D eigenvalue weighted by Crippen LogP contribution is -2.41. The number of hydrogen-bond donors (Lipinski definition) is 2. The summed E-state index contributed by atoms with van der Waals surface area (Å²) in [6.45, 7) is 9.45. The molecule has 1 unspecified atom stereocenters. The van der Waals surface area contributed by atoms with Crippen molar-refractivity contribution >= 4 is 0 Å². The second-order valence-electron chi connectivity index (χ2n) is 5.16. The third-order valence-corrected chi connectivity index (χ3v) is 2.29. The van der Waals surface area contributed by atoms with Crippen molar-refractivity contribution < 1.29 is 9.47 Å². The molecule has 100 valence electrons. The Morgan fingerprint density at radius 3 is 2.76 bits per heavy atom. The molecule has 1 heterocycles. The highest BCUT2D eigenvalue weighted by atomic mass is 16.6. The second kappa shape index (κ2) is 6.71. The van der Waals surface area contributed by atoms with Crippen LogP contribution in [0.25, 0.3) is 0 Å². The van der Waals surface area contributed by atoms with Crippen LogP contribution in [-0.4, -0.2) is 30.4 Å². The molecule has 1 atom stereocenters. The van der Waals surface area contributed by atoms with Crippen LogP contribution >= 0.6 is 0 Å². The van der Waals surface area contributed by atoms with Gasteiger partial charge < -0.3 is 15.2 Å². The van der Waals surface area contributed by atoms with Gasteiger partial charge in [0.2, 0.25) is 5.88 Å². The molecule has 0 aromatic heterocycles. The van der Waals surface area contributed by atoms with Crippen molar-refractivity contribution in [3.8, 4) is 0 Å². The van der Waals surface area contributed by atoms with E-state index < -0.39 is 0 Å². The number of hydrazine groups is 1. The smallest absolute Gasteiger partial charge is 0.243 e. The Hall–Kier alpha value is -0.940. The summed E-state index contributed by atoms with van der Waals surface area (Å²) >= 11 is 0. The Morgan fingerprint density at radius 2 is 2.18 bits per heavy atom. The van der Waals surface area contributed by atoms with E-state index in [9.17, 15) is 0 Å². The standard InChI is InChI=1S/C12H25N3O2/c1-9(2)5-11(13)6-17-12-7-16-8-15(12)14-10(3)4/h7,9-11,14H,5-6,8,13H2,1-4H3. The first-order valence-electron chi connectivity index (χ1n) is 6.23. The molecule has 0 aromatic rings. The van der Waals surface area contributed by atoms with Gasteiger partial charge in [0.25, 0.3) is 0 Å². The fraction of sp³-hybridized carbons (Fsp3) is 0.833. The zero-order valence-corrected chi connectivity index (χ0v) is 11.3. The van der Waals surface area contributed by atoms with Gasteiger partial charge in [-0.15, -0.1) is 0 Å². The van der Waals surface area contributed by atoms with Crippen LogP contribution in [0, 0.1) is 5.92 Å². The zero-order valence-electron chi connectivity index (χ0n) is 11.3. The Bertz CT molecular complexity index is 254. The SMILES string of the molecule is CC(C)CC(N)COC1=COCN1NC(C)C. The van der Waals surface area contributed by atoms with E-state index in [-0.39, 0.29) is 6.04 Å². The number of nitrogens with one attached hydrogen (secondary N) is 1. The third kappa shape index (κ3) is 5.28. The average Bonchev–Trinajstić information content (AvgIpc) is 2.60. The highest BCUT2D eigenvalue weighted by Gasteiger charge is 2.19. The summed E-state index contributed by atoms with van der Waals surface area (Å²) in [5.41, 5.74) is 9.20. The Morgan fingerprint density at radius 1 is 1.47 bits per heavy atom. The van der Waals surface area contributed by atoms with E-state index in [4.69, 9.17) is 15.2 Å². The number of nitrogens with two attached hydrogens (primary N) is 1. The Kier molecular flexibility index (Phi) is 5.58. The van der Waals surface area contributed by atoms with Crippen LogP contribution in [0.15, 0.2) is 12.1 Å². The third-order valence-electron chi connectivity index (χ3n) is 2.29. The van der Waals surface area contributed by atoms with Gasteiger partial charge in [0, 0.05) is 12.1 Å². The molecule has 0 spiro atoms. The molecule has 0 aromatic carbocycles. The highest BCUT2D eigenvalue weighted by Crippen LogP contribution is 2.13. The van der Waals surface area contributed by atoms with Crippen LogP contribution in [-0.2, 0) is 9.47 Å². The predicted octanol–water partition coefficient (Wildman–Crippen LogP) is 1.38. The summed E-state index contributed by atoms with van der Waals surface area (Å²) in [4.78, 5) is 0. The summed E-state index contributed by atoms with van der Waals surface area (Å²) in [6, 6.07) is 0.408. The number of ether oxygens (including phenoxy) is 2. The van der Waals surface area contributed by atoms with Crippen LogP contribution in [0.2, 0.25) is 0 Å². The summed E-state index contributed by atoms with van der Waals surface area (Å²) in [6.07, 6.45) is 2.59. The highest BCUT2D eigenvalue weighted by molar-refractivity contribution is 4.90. The lowest BCUT2D eigenvalue weighted by molar-refractivity contribution is 0.0450. The minimum atomic E-state index is 0.0670. The van der Waals surface area contributed by atoms with Gasteiger partial charge >= 0.3 is 0 Å². The maximum Gasteiger partial charge on any atom is 0.243 e. The quantitative estimate of drug-likeness (QED) is 0.707. The first-order valence-corrected chi connectivity index (χ1v) is 6.23. The molecule has 5 heteroatoms. The number of rotatable bonds is 7. The monoisotopic (exact) mass is 243 g/mol. The number of nitrogens with zero attached hydrogens (tertiary/aromatic N) is 1. The minimum absolute atomic E-state index is 0.0670. The summed E-state index contributed by atoms with van der Waals surface area (Å²) in [5.74, 6) is 1.30. The van der Waals surface area contributed by atoms with Crippen molar-refractivity contribution in [2.45, 2.75) is 46.2 Å². The van der Waals surface area contributed by atoms with Gasteiger partial charge in [-0.05, 0) is 26.2 Å². The lowest BCUT2D eigenvalue weighted by Gasteiger charge is -2.24. The van der Waals surface area contributed by atoms with Crippen molar-refractivity contribution in [3.05, 3.63) is 12.1 Å². The van der Waals surface area contributed by atoms with Crippen molar-refractivity contribution in [3.63, 3.8) is 0 Å². The van der Waals surface area contributed by atoms with Gasteiger partial charge in [-0.2, -0.15) is 0 Å². The van der Waals surface area contributed by atoms with Crippen molar-refractivity contribution in [2.24, 2.45) is 11.7 Å². The first-order chi connectivity index (χ1) is 7.99. The van der Waals surface area contributed by atoms with Crippen LogP contribution in [0.3, 0.4) is 0 Å². The van der Waals surface area contributed by atoms with Crippen molar-refractivity contribution in [2.75, 3.05) is 13.3 Å². The fourth-order valence-corrected chi connectivity index (χ4v) is 1.70. The van der Waals surface area contributed by atoms with Gasteiger partial charge in [0.1, 0.15) is 12.9 Å². The molecule has 3 N–H and O–H groups in total. The minimum Gasteiger partial charge on any atom is -0.474 e. The molecule has 5 nitrogen and oxygen atoms in total. The molecule has 0 aliphatic carbocycles. The van der Waals surface area contributed by atoms with Gasteiger partial charge in [0.15, 0.2) is 6.73 Å².